The lowest BCUT2D eigenvalue weighted by Gasteiger charge is -2.11. The van der Waals surface area contributed by atoms with Gasteiger partial charge in [-0.25, -0.2) is 0 Å². The van der Waals surface area contributed by atoms with Gasteiger partial charge >= 0.3 is 0 Å². The lowest BCUT2D eigenvalue weighted by molar-refractivity contribution is -0.112. The van der Waals surface area contributed by atoms with E-state index in [0.29, 0.717) is 28.4 Å². The number of hydrogen-bond donors (Lipinski definition) is 1. The topological polar surface area (TPSA) is 62.1 Å². The highest BCUT2D eigenvalue weighted by molar-refractivity contribution is 6.31. The number of aryl methyl sites for hydroxylation is 2. The maximum absolute atomic E-state index is 12.6. The van der Waals surface area contributed by atoms with Gasteiger partial charge in [0.2, 0.25) is 0 Å². The molecule has 0 aromatic heterocycles. The Bertz CT molecular complexity index is 1190. The van der Waals surface area contributed by atoms with Gasteiger partial charge in [0.1, 0.15) is 17.4 Å². The Labute approximate surface area is 187 Å². The van der Waals surface area contributed by atoms with E-state index in [1.807, 2.05) is 80.6 Å². The summed E-state index contributed by atoms with van der Waals surface area (Å²) >= 11 is 6.28. The van der Waals surface area contributed by atoms with Crippen LogP contribution in [0, 0.1) is 25.2 Å². The second-order valence-electron chi connectivity index (χ2n) is 7.26. The summed E-state index contributed by atoms with van der Waals surface area (Å²) in [7, 11) is 1.59. The van der Waals surface area contributed by atoms with Crippen molar-refractivity contribution in [1.29, 1.82) is 5.26 Å². The molecule has 0 atom stereocenters. The van der Waals surface area contributed by atoms with E-state index in [9.17, 15) is 10.1 Å². The number of methoxy groups -OCH3 is 1. The highest BCUT2D eigenvalue weighted by Gasteiger charge is 2.12. The second-order valence-corrected chi connectivity index (χ2v) is 7.67. The van der Waals surface area contributed by atoms with Crippen molar-refractivity contribution in [1.82, 2.24) is 0 Å². The zero-order chi connectivity index (χ0) is 22.4. The molecule has 4 nitrogen and oxygen atoms in total. The predicted octanol–water partition coefficient (Wildman–Crippen LogP) is 6.10. The molecule has 0 heterocycles. The third-order valence-electron chi connectivity index (χ3n) is 5.09. The van der Waals surface area contributed by atoms with Crippen LogP contribution in [-0.4, -0.2) is 13.0 Å². The third-order valence-corrected chi connectivity index (χ3v) is 5.46. The Kier molecular flexibility index (Phi) is 7.12. The summed E-state index contributed by atoms with van der Waals surface area (Å²) in [5.41, 5.74) is 5.53. The van der Waals surface area contributed by atoms with Crippen LogP contribution in [0.1, 0.15) is 27.8 Å². The summed E-state index contributed by atoms with van der Waals surface area (Å²) in [5.74, 6) is 0.213. The molecule has 0 radical (unpaired) electrons. The summed E-state index contributed by atoms with van der Waals surface area (Å²) in [6, 6.07) is 20.9. The van der Waals surface area contributed by atoms with E-state index in [-0.39, 0.29) is 5.57 Å². The number of nitrogens with one attached hydrogen (secondary N) is 1. The molecule has 0 aliphatic heterocycles. The minimum absolute atomic E-state index is 0.0131. The van der Waals surface area contributed by atoms with Gasteiger partial charge in [0.15, 0.2) is 0 Å². The first-order chi connectivity index (χ1) is 14.9. The van der Waals surface area contributed by atoms with Crippen LogP contribution in [0.2, 0.25) is 5.02 Å². The number of nitriles is 1. The van der Waals surface area contributed by atoms with Crippen molar-refractivity contribution in [3.8, 4) is 11.8 Å². The van der Waals surface area contributed by atoms with Crippen molar-refractivity contribution < 1.29 is 9.53 Å². The number of ether oxygens (including phenoxy) is 1. The van der Waals surface area contributed by atoms with E-state index in [2.05, 4.69) is 5.32 Å². The molecule has 0 aliphatic carbocycles. The molecular weight excluding hydrogens is 408 g/mol. The van der Waals surface area contributed by atoms with E-state index in [0.717, 1.165) is 22.3 Å². The molecule has 3 rings (SSSR count). The van der Waals surface area contributed by atoms with Gasteiger partial charge in [-0.2, -0.15) is 5.26 Å². The van der Waals surface area contributed by atoms with Gasteiger partial charge in [-0.1, -0.05) is 48.0 Å². The van der Waals surface area contributed by atoms with Crippen molar-refractivity contribution in [2.45, 2.75) is 20.3 Å². The number of halogens is 1. The summed E-state index contributed by atoms with van der Waals surface area (Å²) < 4.78 is 5.54. The smallest absolute Gasteiger partial charge is 0.266 e. The van der Waals surface area contributed by atoms with Crippen molar-refractivity contribution in [3.63, 3.8) is 0 Å². The summed E-state index contributed by atoms with van der Waals surface area (Å²) in [6.45, 7) is 3.98. The van der Waals surface area contributed by atoms with Crippen LogP contribution in [0.5, 0.6) is 5.75 Å². The normalized spacial score (nSPS) is 11.0. The van der Waals surface area contributed by atoms with Gasteiger partial charge in [0.05, 0.1) is 7.11 Å². The van der Waals surface area contributed by atoms with Crippen molar-refractivity contribution in [3.05, 3.63) is 99.1 Å². The molecule has 3 aromatic carbocycles. The standard InChI is InChI=1S/C26H23ClN2O2/c1-17-8-11-23(12-18(17)2)29-26(30)22(16-28)13-19-9-10-21(25(14-19)31-3)15-20-6-4-5-7-24(20)27/h4-14H,15H2,1-3H3,(H,29,30)/b22-13+. The number of carbonyl (C=O) groups excluding carboxylic acids is 1. The highest BCUT2D eigenvalue weighted by atomic mass is 35.5. The SMILES string of the molecule is COc1cc(/C=C(\C#N)C(=O)Nc2ccc(C)c(C)c2)ccc1Cc1ccccc1Cl. The largest absolute Gasteiger partial charge is 0.496 e. The summed E-state index contributed by atoms with van der Waals surface area (Å²) in [4.78, 5) is 12.6. The molecule has 5 heteroatoms. The Morgan fingerprint density at radius 1 is 1.06 bits per heavy atom. The fourth-order valence-corrected chi connectivity index (χ4v) is 3.38. The molecule has 0 bridgehead atoms. The minimum Gasteiger partial charge on any atom is -0.496 e. The monoisotopic (exact) mass is 430 g/mol. The fraction of sp³-hybridized carbons (Fsp3) is 0.154. The number of amides is 1. The average molecular weight is 431 g/mol. The van der Waals surface area contributed by atoms with E-state index in [1.54, 1.807) is 13.2 Å². The van der Waals surface area contributed by atoms with Gasteiger partial charge < -0.3 is 10.1 Å². The second kappa shape index (κ2) is 9.97. The van der Waals surface area contributed by atoms with Gasteiger partial charge in [-0.3, -0.25) is 4.79 Å². The predicted molar refractivity (Wildman–Crippen MR) is 125 cm³/mol. The zero-order valence-electron chi connectivity index (χ0n) is 17.7. The van der Waals surface area contributed by atoms with Crippen LogP contribution in [-0.2, 0) is 11.2 Å². The Morgan fingerprint density at radius 3 is 2.52 bits per heavy atom. The molecule has 31 heavy (non-hydrogen) atoms. The number of anilines is 1. The van der Waals surface area contributed by atoms with Crippen molar-refractivity contribution in [2.24, 2.45) is 0 Å². The molecule has 0 fully saturated rings. The Hall–Kier alpha value is -3.55. The van der Waals surface area contributed by atoms with Crippen LogP contribution in [0.3, 0.4) is 0 Å². The summed E-state index contributed by atoms with van der Waals surface area (Å²) in [5, 5.41) is 13.0. The fourth-order valence-electron chi connectivity index (χ4n) is 3.18. The summed E-state index contributed by atoms with van der Waals surface area (Å²) in [6.07, 6.45) is 2.17. The molecule has 0 unspecified atom stereocenters. The highest BCUT2D eigenvalue weighted by Crippen LogP contribution is 2.27. The van der Waals surface area contributed by atoms with Gasteiger partial charge in [-0.15, -0.1) is 0 Å². The molecule has 1 amide bonds. The number of hydrogen-bond acceptors (Lipinski definition) is 3. The minimum atomic E-state index is -0.454. The first kappa shape index (κ1) is 22.1. The lowest BCUT2D eigenvalue weighted by Crippen LogP contribution is -2.13. The van der Waals surface area contributed by atoms with E-state index in [1.165, 1.54) is 0 Å². The maximum atomic E-state index is 12.6. The lowest BCUT2D eigenvalue weighted by atomic mass is 10.0. The molecule has 0 saturated heterocycles. The molecule has 0 saturated carbocycles. The number of carbonyl (C=O) groups is 1. The van der Waals surface area contributed by atoms with Gasteiger partial charge in [0.25, 0.3) is 5.91 Å². The average Bonchev–Trinajstić information content (AvgIpc) is 2.76. The van der Waals surface area contributed by atoms with Crippen LogP contribution in [0.15, 0.2) is 66.2 Å². The van der Waals surface area contributed by atoms with Crippen molar-refractivity contribution >= 4 is 29.3 Å². The number of nitrogens with zero attached hydrogens (tertiary/aromatic N) is 1. The van der Waals surface area contributed by atoms with Crippen LogP contribution in [0.4, 0.5) is 5.69 Å². The van der Waals surface area contributed by atoms with Crippen LogP contribution < -0.4 is 10.1 Å². The maximum Gasteiger partial charge on any atom is 0.266 e. The first-order valence-electron chi connectivity index (χ1n) is 9.82. The Morgan fingerprint density at radius 2 is 1.84 bits per heavy atom. The number of rotatable bonds is 6. The van der Waals surface area contributed by atoms with Crippen molar-refractivity contribution in [2.75, 3.05) is 12.4 Å². The molecule has 156 valence electrons. The molecular formula is C26H23ClN2O2. The quantitative estimate of drug-likeness (QED) is 0.379. The van der Waals surface area contributed by atoms with Gasteiger partial charge in [-0.05, 0) is 72.0 Å². The van der Waals surface area contributed by atoms with E-state index in [4.69, 9.17) is 16.3 Å². The number of benzene rings is 3. The molecule has 0 aliphatic rings. The zero-order valence-corrected chi connectivity index (χ0v) is 18.5. The molecule has 1 N–H and O–H groups in total. The first-order valence-corrected chi connectivity index (χ1v) is 10.2. The van der Waals surface area contributed by atoms with E-state index >= 15 is 0 Å². The van der Waals surface area contributed by atoms with Crippen LogP contribution in [0.25, 0.3) is 6.08 Å². The van der Waals surface area contributed by atoms with Crippen LogP contribution >= 0.6 is 11.6 Å². The van der Waals surface area contributed by atoms with E-state index < -0.39 is 5.91 Å². The van der Waals surface area contributed by atoms with Gasteiger partial charge in [0, 0.05) is 17.1 Å². The molecule has 3 aromatic rings. The Balaban J connectivity index is 1.83. The molecule has 0 spiro atoms. The third kappa shape index (κ3) is 5.53.